The van der Waals surface area contributed by atoms with E-state index in [1.54, 1.807) is 0 Å². The second kappa shape index (κ2) is 11.5. The van der Waals surface area contributed by atoms with Crippen molar-refractivity contribution in [3.05, 3.63) is 59.7 Å². The second-order valence-electron chi connectivity index (χ2n) is 8.23. The van der Waals surface area contributed by atoms with E-state index in [4.69, 9.17) is 4.74 Å². The highest BCUT2D eigenvalue weighted by Crippen LogP contribution is 2.21. The van der Waals surface area contributed by atoms with Crippen LogP contribution < -0.4 is 0 Å². The number of ether oxygens (including phenoxy) is 1. The van der Waals surface area contributed by atoms with Crippen LogP contribution in [0.3, 0.4) is 0 Å². The SMILES string of the molecule is Cc1ccc(-c2ccc(COCCCCCN3CCC(O)CC3CO)cc2)cc1. The van der Waals surface area contributed by atoms with Gasteiger partial charge >= 0.3 is 0 Å². The molecule has 2 aromatic carbocycles. The Hall–Kier alpha value is -1.72. The molecule has 1 aliphatic rings. The van der Waals surface area contributed by atoms with Crippen LogP contribution in [-0.2, 0) is 11.3 Å². The normalized spacial score (nSPS) is 20.1. The molecule has 0 aliphatic carbocycles. The maximum absolute atomic E-state index is 9.72. The Bertz CT molecular complexity index is 714. The minimum atomic E-state index is -0.247. The van der Waals surface area contributed by atoms with Gasteiger partial charge in [-0.1, -0.05) is 54.1 Å². The fourth-order valence-corrected chi connectivity index (χ4v) is 3.99. The largest absolute Gasteiger partial charge is 0.395 e. The predicted molar refractivity (Wildman–Crippen MR) is 118 cm³/mol. The summed E-state index contributed by atoms with van der Waals surface area (Å²) in [6.07, 6.45) is 4.57. The molecule has 0 saturated carbocycles. The molecular weight excluding hydrogens is 362 g/mol. The van der Waals surface area contributed by atoms with Gasteiger partial charge in [-0.2, -0.15) is 0 Å². The van der Waals surface area contributed by atoms with Gasteiger partial charge in [-0.25, -0.2) is 0 Å². The summed E-state index contributed by atoms with van der Waals surface area (Å²) in [7, 11) is 0. The number of piperidine rings is 1. The minimum absolute atomic E-state index is 0.123. The van der Waals surface area contributed by atoms with E-state index in [9.17, 15) is 10.2 Å². The smallest absolute Gasteiger partial charge is 0.0716 e. The molecule has 2 atom stereocenters. The Labute approximate surface area is 175 Å². The Balaban J connectivity index is 1.29. The van der Waals surface area contributed by atoms with Gasteiger partial charge < -0.3 is 14.9 Å². The van der Waals surface area contributed by atoms with Gasteiger partial charge in [0.25, 0.3) is 0 Å². The van der Waals surface area contributed by atoms with E-state index in [0.717, 1.165) is 45.4 Å². The first-order valence-electron chi connectivity index (χ1n) is 10.9. The second-order valence-corrected chi connectivity index (χ2v) is 8.23. The number of rotatable bonds is 10. The molecule has 3 rings (SSSR count). The van der Waals surface area contributed by atoms with Crippen LogP contribution in [0.15, 0.2) is 48.5 Å². The molecule has 4 heteroatoms. The topological polar surface area (TPSA) is 52.9 Å². The van der Waals surface area contributed by atoms with Crippen molar-refractivity contribution < 1.29 is 14.9 Å². The van der Waals surface area contributed by atoms with Gasteiger partial charge in [0.2, 0.25) is 0 Å². The molecule has 0 aromatic heterocycles. The Morgan fingerprint density at radius 3 is 2.34 bits per heavy atom. The van der Waals surface area contributed by atoms with Crippen molar-refractivity contribution in [3.63, 3.8) is 0 Å². The summed E-state index contributed by atoms with van der Waals surface area (Å²) >= 11 is 0. The zero-order chi connectivity index (χ0) is 20.5. The first kappa shape index (κ1) is 22.0. The van der Waals surface area contributed by atoms with Crippen molar-refractivity contribution in [1.29, 1.82) is 0 Å². The lowest BCUT2D eigenvalue weighted by Gasteiger charge is -2.36. The van der Waals surface area contributed by atoms with Crippen molar-refractivity contribution in [1.82, 2.24) is 4.90 Å². The van der Waals surface area contributed by atoms with E-state index in [0.29, 0.717) is 13.0 Å². The van der Waals surface area contributed by atoms with Crippen LogP contribution in [0.4, 0.5) is 0 Å². The van der Waals surface area contributed by atoms with Crippen molar-refractivity contribution in [2.24, 2.45) is 0 Å². The molecule has 1 heterocycles. The van der Waals surface area contributed by atoms with E-state index in [2.05, 4.69) is 60.4 Å². The van der Waals surface area contributed by atoms with E-state index in [1.165, 1.54) is 22.3 Å². The number of hydrogen-bond donors (Lipinski definition) is 2. The molecule has 1 fully saturated rings. The molecule has 4 nitrogen and oxygen atoms in total. The summed E-state index contributed by atoms with van der Waals surface area (Å²) in [4.78, 5) is 2.32. The summed E-state index contributed by atoms with van der Waals surface area (Å²) < 4.78 is 5.84. The maximum Gasteiger partial charge on any atom is 0.0716 e. The lowest BCUT2D eigenvalue weighted by atomic mass is 9.99. The highest BCUT2D eigenvalue weighted by atomic mass is 16.5. The number of unbranched alkanes of at least 4 members (excludes halogenated alkanes) is 2. The summed E-state index contributed by atoms with van der Waals surface area (Å²) in [6, 6.07) is 17.4. The van der Waals surface area contributed by atoms with Crippen molar-refractivity contribution in [3.8, 4) is 11.1 Å². The highest BCUT2D eigenvalue weighted by molar-refractivity contribution is 5.63. The third-order valence-electron chi connectivity index (χ3n) is 5.86. The Kier molecular flexibility index (Phi) is 8.69. The number of aliphatic hydroxyl groups excluding tert-OH is 2. The van der Waals surface area contributed by atoms with Gasteiger partial charge in [-0.3, -0.25) is 4.90 Å². The van der Waals surface area contributed by atoms with Crippen LogP contribution in [0.5, 0.6) is 0 Å². The summed E-state index contributed by atoms with van der Waals surface area (Å²) in [5, 5.41) is 19.2. The average Bonchev–Trinajstić information content (AvgIpc) is 2.75. The molecule has 2 aromatic rings. The van der Waals surface area contributed by atoms with Crippen LogP contribution >= 0.6 is 0 Å². The van der Waals surface area contributed by atoms with Crippen LogP contribution in [0, 0.1) is 6.92 Å². The number of nitrogens with zero attached hydrogens (tertiary/aromatic N) is 1. The Morgan fingerprint density at radius 2 is 1.66 bits per heavy atom. The van der Waals surface area contributed by atoms with Gasteiger partial charge in [-0.05, 0) is 62.3 Å². The Morgan fingerprint density at radius 1 is 0.966 bits per heavy atom. The zero-order valence-corrected chi connectivity index (χ0v) is 17.6. The van der Waals surface area contributed by atoms with Crippen molar-refractivity contribution >= 4 is 0 Å². The van der Waals surface area contributed by atoms with Gasteiger partial charge in [0, 0.05) is 19.2 Å². The molecule has 0 bridgehead atoms. The third-order valence-corrected chi connectivity index (χ3v) is 5.86. The maximum atomic E-state index is 9.72. The lowest BCUT2D eigenvalue weighted by Crippen LogP contribution is -2.46. The van der Waals surface area contributed by atoms with E-state index in [-0.39, 0.29) is 18.8 Å². The molecule has 1 aliphatic heterocycles. The summed E-state index contributed by atoms with van der Waals surface area (Å²) in [5.74, 6) is 0. The number of hydrogen-bond acceptors (Lipinski definition) is 4. The summed E-state index contributed by atoms with van der Waals surface area (Å²) in [5.41, 5.74) is 4.97. The van der Waals surface area contributed by atoms with E-state index >= 15 is 0 Å². The van der Waals surface area contributed by atoms with Gasteiger partial charge in [0.15, 0.2) is 0 Å². The van der Waals surface area contributed by atoms with E-state index in [1.807, 2.05) is 0 Å². The quantitative estimate of drug-likeness (QED) is 0.591. The minimum Gasteiger partial charge on any atom is -0.395 e. The monoisotopic (exact) mass is 397 g/mol. The van der Waals surface area contributed by atoms with Gasteiger partial charge in [0.1, 0.15) is 0 Å². The van der Waals surface area contributed by atoms with Crippen LogP contribution in [0.1, 0.15) is 43.2 Å². The van der Waals surface area contributed by atoms with Crippen molar-refractivity contribution in [2.45, 2.75) is 57.8 Å². The molecular formula is C25H35NO3. The number of aryl methyl sites for hydroxylation is 1. The molecule has 0 amide bonds. The first-order chi connectivity index (χ1) is 14.2. The zero-order valence-electron chi connectivity index (χ0n) is 17.6. The van der Waals surface area contributed by atoms with Crippen molar-refractivity contribution in [2.75, 3.05) is 26.3 Å². The standard InChI is InChI=1S/C25H35NO3/c1-20-5-9-22(10-6-20)23-11-7-21(8-12-23)19-29-16-4-2-3-14-26-15-13-25(28)17-24(26)18-27/h5-12,24-25,27-28H,2-4,13-19H2,1H3. The molecule has 2 unspecified atom stereocenters. The summed E-state index contributed by atoms with van der Waals surface area (Å²) in [6.45, 7) is 5.57. The highest BCUT2D eigenvalue weighted by Gasteiger charge is 2.26. The molecule has 158 valence electrons. The van der Waals surface area contributed by atoms with Crippen LogP contribution in [0.2, 0.25) is 0 Å². The number of benzene rings is 2. The molecule has 0 spiro atoms. The molecule has 0 radical (unpaired) electrons. The lowest BCUT2D eigenvalue weighted by molar-refractivity contribution is 0.0160. The first-order valence-corrected chi connectivity index (χ1v) is 10.9. The predicted octanol–water partition coefficient (Wildman–Crippen LogP) is 4.17. The van der Waals surface area contributed by atoms with E-state index < -0.39 is 0 Å². The third kappa shape index (κ3) is 6.93. The van der Waals surface area contributed by atoms with Gasteiger partial charge in [-0.15, -0.1) is 0 Å². The van der Waals surface area contributed by atoms with Crippen LogP contribution in [-0.4, -0.2) is 53.6 Å². The number of aliphatic hydroxyl groups is 2. The molecule has 29 heavy (non-hydrogen) atoms. The number of likely N-dealkylation sites (tertiary alicyclic amines) is 1. The molecule has 2 N–H and O–H groups in total. The van der Waals surface area contributed by atoms with Gasteiger partial charge in [0.05, 0.1) is 19.3 Å². The average molecular weight is 398 g/mol. The van der Waals surface area contributed by atoms with Crippen LogP contribution in [0.25, 0.3) is 11.1 Å². The fourth-order valence-electron chi connectivity index (χ4n) is 3.99. The fraction of sp³-hybridized carbons (Fsp3) is 0.520. The molecule has 1 saturated heterocycles.